The van der Waals surface area contributed by atoms with E-state index in [2.05, 4.69) is 27.8 Å². The van der Waals surface area contributed by atoms with Gasteiger partial charge < -0.3 is 15.4 Å². The molecular weight excluding hydrogens is 402 g/mol. The topological polar surface area (TPSA) is 80.3 Å². The summed E-state index contributed by atoms with van der Waals surface area (Å²) in [6.07, 6.45) is 9.46. The van der Waals surface area contributed by atoms with Crippen LogP contribution in [0.3, 0.4) is 0 Å². The van der Waals surface area contributed by atoms with Gasteiger partial charge in [-0.2, -0.15) is 0 Å². The van der Waals surface area contributed by atoms with Crippen molar-refractivity contribution in [1.82, 2.24) is 4.98 Å². The number of nitrogens with zero attached hydrogens (tertiary/aromatic N) is 1. The summed E-state index contributed by atoms with van der Waals surface area (Å²) in [5, 5.41) is 5.71. The van der Waals surface area contributed by atoms with E-state index >= 15 is 0 Å². The molecule has 0 radical (unpaired) electrons. The van der Waals surface area contributed by atoms with Gasteiger partial charge in [0.1, 0.15) is 5.75 Å². The van der Waals surface area contributed by atoms with E-state index < -0.39 is 0 Å². The van der Waals surface area contributed by atoms with Crippen molar-refractivity contribution in [3.63, 3.8) is 0 Å². The molecule has 6 heteroatoms. The zero-order chi connectivity index (χ0) is 22.3. The Morgan fingerprint density at radius 2 is 1.66 bits per heavy atom. The van der Waals surface area contributed by atoms with Crippen molar-refractivity contribution in [3.05, 3.63) is 83.7 Å². The first-order chi connectivity index (χ1) is 15.6. The number of carbonyl (C=O) groups excluding carboxylic acids is 2. The molecule has 6 nitrogen and oxygen atoms in total. The molecule has 2 N–H and O–H groups in total. The molecule has 2 amide bonds. The molecule has 1 heterocycles. The number of anilines is 2. The highest BCUT2D eigenvalue weighted by Gasteiger charge is 2.16. The smallest absolute Gasteiger partial charge is 0.257 e. The molecule has 1 aliphatic carbocycles. The largest absolute Gasteiger partial charge is 0.494 e. The number of carbonyl (C=O) groups is 2. The summed E-state index contributed by atoms with van der Waals surface area (Å²) >= 11 is 0. The second-order valence-electron chi connectivity index (χ2n) is 8.02. The fourth-order valence-electron chi connectivity index (χ4n) is 4.11. The standard InChI is InChI=1S/C26H27N3O3/c1-32-24-16-22(13-14-23(24)29-26(31)21-8-5-15-27-17-21)28-25(30)20-11-9-19(10-12-20)18-6-3-2-4-7-18/h5,8-18H,2-4,6-7H2,1H3,(H,28,30)(H,29,31). The highest BCUT2D eigenvalue weighted by atomic mass is 16.5. The van der Waals surface area contributed by atoms with Gasteiger partial charge in [0.2, 0.25) is 0 Å². The number of rotatable bonds is 6. The van der Waals surface area contributed by atoms with Crippen molar-refractivity contribution in [3.8, 4) is 5.75 Å². The van der Waals surface area contributed by atoms with Crippen LogP contribution in [-0.2, 0) is 0 Å². The molecule has 2 aromatic carbocycles. The van der Waals surface area contributed by atoms with E-state index in [1.165, 1.54) is 51.0 Å². The summed E-state index contributed by atoms with van der Waals surface area (Å²) in [5.74, 6) is 0.591. The van der Waals surface area contributed by atoms with E-state index in [9.17, 15) is 9.59 Å². The first-order valence-electron chi connectivity index (χ1n) is 10.9. The Labute approximate surface area is 188 Å². The maximum atomic E-state index is 12.7. The van der Waals surface area contributed by atoms with Gasteiger partial charge in [-0.25, -0.2) is 0 Å². The number of methoxy groups -OCH3 is 1. The molecule has 0 atom stereocenters. The Morgan fingerprint density at radius 1 is 0.906 bits per heavy atom. The molecule has 4 rings (SSSR count). The van der Waals surface area contributed by atoms with Crippen molar-refractivity contribution in [2.45, 2.75) is 38.0 Å². The van der Waals surface area contributed by atoms with E-state index in [4.69, 9.17) is 4.74 Å². The van der Waals surface area contributed by atoms with Crippen LogP contribution >= 0.6 is 0 Å². The average molecular weight is 430 g/mol. The minimum absolute atomic E-state index is 0.186. The molecule has 0 aliphatic heterocycles. The number of aromatic nitrogens is 1. The molecule has 0 bridgehead atoms. The highest BCUT2D eigenvalue weighted by Crippen LogP contribution is 2.33. The van der Waals surface area contributed by atoms with Crippen LogP contribution in [0.4, 0.5) is 11.4 Å². The number of hydrogen-bond acceptors (Lipinski definition) is 4. The minimum Gasteiger partial charge on any atom is -0.494 e. The summed E-state index contributed by atoms with van der Waals surface area (Å²) < 4.78 is 5.41. The predicted octanol–water partition coefficient (Wildman–Crippen LogP) is 5.64. The maximum Gasteiger partial charge on any atom is 0.257 e. The van der Waals surface area contributed by atoms with Gasteiger partial charge in [0.25, 0.3) is 11.8 Å². The van der Waals surface area contributed by atoms with E-state index in [0.29, 0.717) is 34.2 Å². The van der Waals surface area contributed by atoms with E-state index in [1.807, 2.05) is 12.1 Å². The predicted molar refractivity (Wildman–Crippen MR) is 125 cm³/mol. The lowest BCUT2D eigenvalue weighted by Crippen LogP contribution is -2.14. The molecule has 3 aromatic rings. The second-order valence-corrected chi connectivity index (χ2v) is 8.02. The summed E-state index contributed by atoms with van der Waals surface area (Å²) in [5.41, 5.74) is 3.47. The number of benzene rings is 2. The number of amides is 2. The molecule has 1 aliphatic rings. The first kappa shape index (κ1) is 21.6. The molecule has 32 heavy (non-hydrogen) atoms. The monoisotopic (exact) mass is 429 g/mol. The second kappa shape index (κ2) is 10.1. The van der Waals surface area contributed by atoms with E-state index in [1.54, 1.807) is 36.5 Å². The van der Waals surface area contributed by atoms with Gasteiger partial charge >= 0.3 is 0 Å². The Balaban J connectivity index is 1.42. The van der Waals surface area contributed by atoms with Crippen LogP contribution in [0.25, 0.3) is 0 Å². The third-order valence-electron chi connectivity index (χ3n) is 5.88. The van der Waals surface area contributed by atoms with Gasteiger partial charge in [0.15, 0.2) is 0 Å². The van der Waals surface area contributed by atoms with Crippen LogP contribution in [0.2, 0.25) is 0 Å². The molecule has 0 unspecified atom stereocenters. The quantitative estimate of drug-likeness (QED) is 0.531. The van der Waals surface area contributed by atoms with Gasteiger partial charge in [-0.05, 0) is 60.7 Å². The Kier molecular flexibility index (Phi) is 6.80. The summed E-state index contributed by atoms with van der Waals surface area (Å²) in [4.78, 5) is 29.1. The van der Waals surface area contributed by atoms with Gasteiger partial charge in [0.05, 0.1) is 18.4 Å². The Bertz CT molecular complexity index is 1080. The fraction of sp³-hybridized carbons (Fsp3) is 0.269. The first-order valence-corrected chi connectivity index (χ1v) is 10.9. The molecular formula is C26H27N3O3. The fourth-order valence-corrected chi connectivity index (χ4v) is 4.11. The molecule has 1 saturated carbocycles. The van der Waals surface area contributed by atoms with Crippen molar-refractivity contribution in [2.24, 2.45) is 0 Å². The SMILES string of the molecule is COc1cc(NC(=O)c2ccc(C3CCCCC3)cc2)ccc1NC(=O)c1cccnc1. The molecule has 0 spiro atoms. The number of pyridine rings is 1. The van der Waals surface area contributed by atoms with Crippen LogP contribution in [-0.4, -0.2) is 23.9 Å². The van der Waals surface area contributed by atoms with Crippen LogP contribution in [0.1, 0.15) is 64.3 Å². The molecule has 0 saturated heterocycles. The zero-order valence-corrected chi connectivity index (χ0v) is 18.1. The third kappa shape index (κ3) is 5.14. The van der Waals surface area contributed by atoms with Crippen LogP contribution in [0.15, 0.2) is 67.0 Å². The summed E-state index contributed by atoms with van der Waals surface area (Å²) in [7, 11) is 1.52. The molecule has 1 fully saturated rings. The van der Waals surface area contributed by atoms with Crippen LogP contribution in [0, 0.1) is 0 Å². The summed E-state index contributed by atoms with van der Waals surface area (Å²) in [6.45, 7) is 0. The third-order valence-corrected chi connectivity index (χ3v) is 5.88. The van der Waals surface area contributed by atoms with Crippen molar-refractivity contribution in [2.75, 3.05) is 17.7 Å². The Hall–Kier alpha value is -3.67. The van der Waals surface area contributed by atoms with Gasteiger partial charge in [0, 0.05) is 29.7 Å². The normalized spacial score (nSPS) is 13.9. The molecule has 164 valence electrons. The van der Waals surface area contributed by atoms with E-state index in [-0.39, 0.29) is 11.8 Å². The number of hydrogen-bond donors (Lipinski definition) is 2. The van der Waals surface area contributed by atoms with Crippen molar-refractivity contribution in [1.29, 1.82) is 0 Å². The lowest BCUT2D eigenvalue weighted by atomic mass is 9.84. The van der Waals surface area contributed by atoms with Crippen LogP contribution < -0.4 is 15.4 Å². The van der Waals surface area contributed by atoms with Crippen molar-refractivity contribution < 1.29 is 14.3 Å². The summed E-state index contributed by atoms with van der Waals surface area (Å²) in [6, 6.07) is 16.4. The average Bonchev–Trinajstić information content (AvgIpc) is 2.86. The van der Waals surface area contributed by atoms with Gasteiger partial charge in [-0.1, -0.05) is 31.4 Å². The van der Waals surface area contributed by atoms with Crippen molar-refractivity contribution >= 4 is 23.2 Å². The Morgan fingerprint density at radius 3 is 2.34 bits per heavy atom. The molecule has 1 aromatic heterocycles. The van der Waals surface area contributed by atoms with Gasteiger partial charge in [-0.3, -0.25) is 14.6 Å². The zero-order valence-electron chi connectivity index (χ0n) is 18.1. The number of nitrogens with one attached hydrogen (secondary N) is 2. The lowest BCUT2D eigenvalue weighted by Gasteiger charge is -2.22. The lowest BCUT2D eigenvalue weighted by molar-refractivity contribution is 0.101. The van der Waals surface area contributed by atoms with Crippen LogP contribution in [0.5, 0.6) is 5.75 Å². The van der Waals surface area contributed by atoms with Gasteiger partial charge in [-0.15, -0.1) is 0 Å². The highest BCUT2D eigenvalue weighted by molar-refractivity contribution is 6.06. The number of ether oxygens (including phenoxy) is 1. The van der Waals surface area contributed by atoms with E-state index in [0.717, 1.165) is 0 Å². The minimum atomic E-state index is -0.286. The maximum absolute atomic E-state index is 12.7.